The van der Waals surface area contributed by atoms with Crippen LogP contribution in [0.15, 0.2) is 54.7 Å². The van der Waals surface area contributed by atoms with Crippen LogP contribution in [-0.2, 0) is 20.8 Å². The molecule has 2 aromatic rings. The first-order chi connectivity index (χ1) is 18.5. The Morgan fingerprint density at radius 2 is 1.74 bits per heavy atom. The molecule has 2 aliphatic heterocycles. The third-order valence-corrected chi connectivity index (χ3v) is 8.53. The number of likely N-dealkylation sites (tertiary alicyclic amines) is 1. The fourth-order valence-electron chi connectivity index (χ4n) is 6.34. The van der Waals surface area contributed by atoms with E-state index in [0.717, 1.165) is 17.8 Å². The van der Waals surface area contributed by atoms with Gasteiger partial charge < -0.3 is 20.0 Å². The fraction of sp³-hybridized carbons (Fsp3) is 0.533. The maximum absolute atomic E-state index is 13.9. The number of carbonyl (C=O) groups excluding carboxylic acids is 3. The van der Waals surface area contributed by atoms with Gasteiger partial charge in [-0.3, -0.25) is 19.4 Å². The van der Waals surface area contributed by atoms with Gasteiger partial charge in [-0.15, -0.1) is 0 Å². The molecular formula is C30H39N5O3. The van der Waals surface area contributed by atoms with Crippen LogP contribution in [0.3, 0.4) is 0 Å². The van der Waals surface area contributed by atoms with E-state index in [0.29, 0.717) is 57.9 Å². The zero-order valence-corrected chi connectivity index (χ0v) is 22.2. The average Bonchev–Trinajstić information content (AvgIpc) is 3.56. The molecule has 0 radical (unpaired) electrons. The number of hydrogen-bond donors (Lipinski definition) is 1. The van der Waals surface area contributed by atoms with Crippen molar-refractivity contribution in [3.8, 4) is 0 Å². The second kappa shape index (κ2) is 12.0. The Bertz CT molecular complexity index is 1100. The number of carbonyl (C=O) groups is 3. The lowest BCUT2D eigenvalue weighted by molar-refractivity contribution is -0.140. The number of nitrogens with one attached hydrogen (secondary N) is 1. The van der Waals surface area contributed by atoms with E-state index in [1.807, 2.05) is 53.4 Å². The molecule has 1 aromatic heterocycles. The summed E-state index contributed by atoms with van der Waals surface area (Å²) >= 11 is 0. The highest BCUT2D eigenvalue weighted by Gasteiger charge is 2.54. The van der Waals surface area contributed by atoms with Crippen LogP contribution in [0.2, 0.25) is 0 Å². The van der Waals surface area contributed by atoms with Crippen LogP contribution >= 0.6 is 0 Å². The Balaban J connectivity index is 1.21. The Labute approximate surface area is 225 Å². The summed E-state index contributed by atoms with van der Waals surface area (Å²) in [4.78, 5) is 49.7. The number of anilines is 1. The van der Waals surface area contributed by atoms with E-state index in [9.17, 15) is 14.4 Å². The Kier molecular flexibility index (Phi) is 8.25. The predicted octanol–water partition coefficient (Wildman–Crippen LogP) is 3.38. The molecule has 8 heteroatoms. The Morgan fingerprint density at radius 3 is 2.45 bits per heavy atom. The van der Waals surface area contributed by atoms with Gasteiger partial charge in [0.2, 0.25) is 11.8 Å². The zero-order chi connectivity index (χ0) is 26.4. The minimum absolute atomic E-state index is 0.0146. The van der Waals surface area contributed by atoms with Gasteiger partial charge in [0.05, 0.1) is 6.67 Å². The molecule has 1 aliphatic carbocycles. The molecule has 3 heterocycles. The summed E-state index contributed by atoms with van der Waals surface area (Å²) < 4.78 is 0. The molecule has 3 amide bonds. The maximum Gasteiger partial charge on any atom is 0.250 e. The summed E-state index contributed by atoms with van der Waals surface area (Å²) in [5.74, 6) is 0.731. The minimum atomic E-state index is -0.724. The normalized spacial score (nSPS) is 19.4. The second-order valence-electron chi connectivity index (χ2n) is 10.9. The first kappa shape index (κ1) is 26.2. The molecule has 0 unspecified atom stereocenters. The molecule has 2 saturated heterocycles. The summed E-state index contributed by atoms with van der Waals surface area (Å²) in [7, 11) is 0. The topological polar surface area (TPSA) is 85.9 Å². The van der Waals surface area contributed by atoms with E-state index < -0.39 is 5.54 Å². The molecule has 0 atom stereocenters. The van der Waals surface area contributed by atoms with Gasteiger partial charge in [-0.05, 0) is 49.4 Å². The highest BCUT2D eigenvalue weighted by Crippen LogP contribution is 2.39. The van der Waals surface area contributed by atoms with Crippen molar-refractivity contribution in [2.75, 3.05) is 37.7 Å². The van der Waals surface area contributed by atoms with Crippen LogP contribution in [0, 0.1) is 5.92 Å². The minimum Gasteiger partial charge on any atom is -0.354 e. The van der Waals surface area contributed by atoms with E-state index in [1.54, 1.807) is 11.1 Å². The molecule has 1 aromatic carbocycles. The second-order valence-corrected chi connectivity index (χ2v) is 10.9. The molecule has 38 heavy (non-hydrogen) atoms. The number of amides is 3. The van der Waals surface area contributed by atoms with Gasteiger partial charge >= 0.3 is 0 Å². The molecule has 202 valence electrons. The van der Waals surface area contributed by atoms with Crippen molar-refractivity contribution in [3.05, 3.63) is 60.4 Å². The molecule has 3 aliphatic rings. The molecule has 5 rings (SSSR count). The van der Waals surface area contributed by atoms with Crippen molar-refractivity contribution in [2.45, 2.75) is 63.3 Å². The van der Waals surface area contributed by atoms with Gasteiger partial charge in [-0.2, -0.15) is 0 Å². The number of rotatable bonds is 9. The van der Waals surface area contributed by atoms with Crippen LogP contribution in [0.1, 0.15) is 57.1 Å². The first-order valence-corrected chi connectivity index (χ1v) is 14.1. The van der Waals surface area contributed by atoms with Gasteiger partial charge in [-0.1, -0.05) is 49.9 Å². The lowest BCUT2D eigenvalue weighted by atomic mass is 9.85. The summed E-state index contributed by atoms with van der Waals surface area (Å²) in [5, 5.41) is 2.94. The number of benzene rings is 1. The van der Waals surface area contributed by atoms with Crippen LogP contribution in [0.25, 0.3) is 0 Å². The molecule has 1 N–H and O–H groups in total. The molecule has 3 fully saturated rings. The predicted molar refractivity (Wildman–Crippen MR) is 146 cm³/mol. The number of aromatic nitrogens is 1. The molecule has 0 bridgehead atoms. The highest BCUT2D eigenvalue weighted by atomic mass is 16.2. The Hall–Kier alpha value is -3.42. The number of pyridine rings is 1. The summed E-state index contributed by atoms with van der Waals surface area (Å²) in [6.45, 7) is 2.01. The van der Waals surface area contributed by atoms with Crippen LogP contribution < -0.4 is 10.2 Å². The third-order valence-electron chi connectivity index (χ3n) is 8.53. The largest absolute Gasteiger partial charge is 0.354 e. The summed E-state index contributed by atoms with van der Waals surface area (Å²) in [6, 6.07) is 15.7. The summed E-state index contributed by atoms with van der Waals surface area (Å²) in [6.07, 6.45) is 10.2. The lowest BCUT2D eigenvalue weighted by Crippen LogP contribution is -2.57. The van der Waals surface area contributed by atoms with Gasteiger partial charge in [0, 0.05) is 50.1 Å². The molecule has 1 saturated carbocycles. The average molecular weight is 518 g/mol. The van der Waals surface area contributed by atoms with Gasteiger partial charge in [0.15, 0.2) is 0 Å². The standard InChI is InChI=1S/C30H39N5O3/c36-27(32-19-15-25-10-6-7-18-31-25)22-34-23-35(26-11-2-1-3-12-26)30(29(34)38)16-20-33(21-17-30)28(37)14-13-24-8-4-5-9-24/h1-3,6-7,10-12,18,24H,4-5,8-9,13-17,19-23H2,(H,32,36). The SMILES string of the molecule is O=C(CN1CN(c2ccccc2)C2(CCN(C(=O)CCC3CCCC3)CC2)C1=O)NCCc1ccccn1. The zero-order valence-electron chi connectivity index (χ0n) is 22.2. The van der Waals surface area contributed by atoms with Crippen LogP contribution in [0.4, 0.5) is 5.69 Å². The van der Waals surface area contributed by atoms with E-state index in [-0.39, 0.29) is 24.3 Å². The van der Waals surface area contributed by atoms with E-state index in [2.05, 4.69) is 15.2 Å². The quantitative estimate of drug-likeness (QED) is 0.551. The third kappa shape index (κ3) is 5.84. The monoisotopic (exact) mass is 517 g/mol. The Morgan fingerprint density at radius 1 is 1.00 bits per heavy atom. The number of hydrogen-bond acceptors (Lipinski definition) is 5. The van der Waals surface area contributed by atoms with E-state index in [1.165, 1.54) is 25.7 Å². The molecular weight excluding hydrogens is 478 g/mol. The van der Waals surface area contributed by atoms with Crippen molar-refractivity contribution in [1.82, 2.24) is 20.1 Å². The maximum atomic E-state index is 13.9. The van der Waals surface area contributed by atoms with Crippen molar-refractivity contribution in [1.29, 1.82) is 0 Å². The first-order valence-electron chi connectivity index (χ1n) is 14.1. The number of piperidine rings is 1. The van der Waals surface area contributed by atoms with E-state index >= 15 is 0 Å². The molecule has 8 nitrogen and oxygen atoms in total. The summed E-state index contributed by atoms with van der Waals surface area (Å²) in [5.41, 5.74) is 1.17. The molecule has 1 spiro atoms. The van der Waals surface area contributed by atoms with Crippen molar-refractivity contribution in [3.63, 3.8) is 0 Å². The van der Waals surface area contributed by atoms with Gasteiger partial charge in [-0.25, -0.2) is 0 Å². The smallest absolute Gasteiger partial charge is 0.250 e. The number of para-hydroxylation sites is 1. The van der Waals surface area contributed by atoms with E-state index in [4.69, 9.17) is 0 Å². The van der Waals surface area contributed by atoms with Crippen LogP contribution in [-0.4, -0.2) is 70.9 Å². The number of nitrogens with zero attached hydrogens (tertiary/aromatic N) is 4. The van der Waals surface area contributed by atoms with Crippen molar-refractivity contribution >= 4 is 23.4 Å². The van der Waals surface area contributed by atoms with Gasteiger partial charge in [0.25, 0.3) is 5.91 Å². The van der Waals surface area contributed by atoms with Gasteiger partial charge in [0.1, 0.15) is 12.1 Å². The highest BCUT2D eigenvalue weighted by molar-refractivity contribution is 5.96. The van der Waals surface area contributed by atoms with Crippen molar-refractivity contribution < 1.29 is 14.4 Å². The fourth-order valence-corrected chi connectivity index (χ4v) is 6.34. The van der Waals surface area contributed by atoms with Crippen LogP contribution in [0.5, 0.6) is 0 Å². The van der Waals surface area contributed by atoms with Crippen molar-refractivity contribution in [2.24, 2.45) is 5.92 Å². The lowest BCUT2D eigenvalue weighted by Gasteiger charge is -2.43.